The maximum Gasteiger partial charge on any atom is 0.252 e. The second-order valence-electron chi connectivity index (χ2n) is 7.50. The average molecular weight is 374 g/mol. The number of carbonyl (C=O) groups excluding carboxylic acids is 1. The molecule has 3 aromatic carbocycles. The Morgan fingerprint density at radius 3 is 2.61 bits per heavy atom. The third-order valence-electron chi connectivity index (χ3n) is 5.59. The molecule has 0 bridgehead atoms. The number of hydrogen-bond donors (Lipinski definition) is 2. The molecule has 4 rings (SSSR count). The molecule has 1 fully saturated rings. The lowest BCUT2D eigenvalue weighted by molar-refractivity contribution is 0.0939. The van der Waals surface area contributed by atoms with Crippen LogP contribution in [0, 0.1) is 6.92 Å². The highest BCUT2D eigenvalue weighted by Gasteiger charge is 2.18. The van der Waals surface area contributed by atoms with Gasteiger partial charge in [0.25, 0.3) is 5.91 Å². The van der Waals surface area contributed by atoms with Crippen molar-refractivity contribution >= 4 is 22.4 Å². The topological polar surface area (TPSA) is 44.4 Å². The molecule has 1 atom stereocenters. The smallest absolute Gasteiger partial charge is 0.252 e. The summed E-state index contributed by atoms with van der Waals surface area (Å²) in [5.74, 6) is -0.0186. The first kappa shape index (κ1) is 18.5. The van der Waals surface area contributed by atoms with Crippen LogP contribution in [0.4, 0.5) is 5.69 Å². The van der Waals surface area contributed by atoms with Crippen LogP contribution in [0.3, 0.4) is 0 Å². The van der Waals surface area contributed by atoms with Crippen LogP contribution in [0.25, 0.3) is 10.8 Å². The predicted molar refractivity (Wildman–Crippen MR) is 116 cm³/mol. The average Bonchev–Trinajstić information content (AvgIpc) is 2.74. The lowest BCUT2D eigenvalue weighted by atomic mass is 9.99. The molecule has 144 valence electrons. The van der Waals surface area contributed by atoms with Crippen LogP contribution in [0.2, 0.25) is 0 Å². The first-order valence-corrected chi connectivity index (χ1v) is 9.98. The second-order valence-corrected chi connectivity index (χ2v) is 7.50. The zero-order valence-corrected chi connectivity index (χ0v) is 16.5. The Bertz CT molecular complexity index is 987. The quantitative estimate of drug-likeness (QED) is 0.725. The van der Waals surface area contributed by atoms with Gasteiger partial charge in [0, 0.05) is 37.4 Å². The Balaban J connectivity index is 1.57. The molecule has 4 nitrogen and oxygen atoms in total. The highest BCUT2D eigenvalue weighted by Crippen LogP contribution is 2.25. The fourth-order valence-corrected chi connectivity index (χ4v) is 3.95. The summed E-state index contributed by atoms with van der Waals surface area (Å²) < 4.78 is 0. The van der Waals surface area contributed by atoms with Gasteiger partial charge in [-0.3, -0.25) is 4.79 Å². The van der Waals surface area contributed by atoms with E-state index in [0.29, 0.717) is 0 Å². The number of fused-ring (bicyclic) bond motifs is 1. The van der Waals surface area contributed by atoms with Crippen molar-refractivity contribution in [3.63, 3.8) is 0 Å². The molecule has 1 unspecified atom stereocenters. The largest absolute Gasteiger partial charge is 0.369 e. The molecule has 0 aromatic heterocycles. The summed E-state index contributed by atoms with van der Waals surface area (Å²) in [7, 11) is 0. The Morgan fingerprint density at radius 1 is 1.04 bits per heavy atom. The van der Waals surface area contributed by atoms with Gasteiger partial charge in [-0.05, 0) is 47.9 Å². The maximum absolute atomic E-state index is 13.1. The van der Waals surface area contributed by atoms with Gasteiger partial charge in [0.05, 0.1) is 6.04 Å². The molecular weight excluding hydrogens is 346 g/mol. The second kappa shape index (κ2) is 8.03. The Labute approximate surface area is 166 Å². The van der Waals surface area contributed by atoms with Gasteiger partial charge in [-0.2, -0.15) is 0 Å². The van der Waals surface area contributed by atoms with Crippen LogP contribution in [-0.2, 0) is 0 Å². The molecule has 4 heteroatoms. The van der Waals surface area contributed by atoms with E-state index in [1.807, 2.05) is 25.1 Å². The number of amides is 1. The van der Waals surface area contributed by atoms with Crippen molar-refractivity contribution in [1.29, 1.82) is 0 Å². The predicted octanol–water partition coefficient (Wildman–Crippen LogP) is 4.05. The Hall–Kier alpha value is -2.85. The van der Waals surface area contributed by atoms with Gasteiger partial charge in [-0.15, -0.1) is 0 Å². The molecule has 1 aliphatic heterocycles. The zero-order valence-electron chi connectivity index (χ0n) is 16.5. The highest BCUT2D eigenvalue weighted by atomic mass is 16.1. The molecule has 0 aliphatic carbocycles. The number of carbonyl (C=O) groups is 1. The summed E-state index contributed by atoms with van der Waals surface area (Å²) in [6.07, 6.45) is 0. The van der Waals surface area contributed by atoms with Crippen LogP contribution >= 0.6 is 0 Å². The number of rotatable bonds is 4. The molecule has 28 heavy (non-hydrogen) atoms. The summed E-state index contributed by atoms with van der Waals surface area (Å²) in [6.45, 7) is 7.95. The van der Waals surface area contributed by atoms with Gasteiger partial charge in [0.1, 0.15) is 0 Å². The minimum Gasteiger partial charge on any atom is -0.369 e. The van der Waals surface area contributed by atoms with E-state index in [2.05, 4.69) is 64.9 Å². The number of piperazine rings is 1. The normalized spacial score (nSPS) is 15.4. The Morgan fingerprint density at radius 2 is 1.79 bits per heavy atom. The molecule has 1 amide bonds. The van der Waals surface area contributed by atoms with E-state index < -0.39 is 0 Å². The summed E-state index contributed by atoms with van der Waals surface area (Å²) in [6, 6.07) is 20.7. The number of nitrogens with one attached hydrogen (secondary N) is 2. The van der Waals surface area contributed by atoms with Gasteiger partial charge >= 0.3 is 0 Å². The van der Waals surface area contributed by atoms with Crippen molar-refractivity contribution in [1.82, 2.24) is 10.6 Å². The molecule has 1 heterocycles. The van der Waals surface area contributed by atoms with Gasteiger partial charge in [-0.1, -0.05) is 48.5 Å². The minimum absolute atomic E-state index is 0.0186. The molecule has 0 saturated carbocycles. The summed E-state index contributed by atoms with van der Waals surface area (Å²) >= 11 is 0. The molecule has 0 radical (unpaired) electrons. The lowest BCUT2D eigenvalue weighted by Crippen LogP contribution is -2.43. The molecular formula is C24H27N3O. The van der Waals surface area contributed by atoms with Gasteiger partial charge < -0.3 is 15.5 Å². The third kappa shape index (κ3) is 3.73. The van der Waals surface area contributed by atoms with E-state index in [0.717, 1.165) is 48.6 Å². The van der Waals surface area contributed by atoms with E-state index in [9.17, 15) is 4.79 Å². The number of benzene rings is 3. The first-order chi connectivity index (χ1) is 13.6. The van der Waals surface area contributed by atoms with Crippen LogP contribution in [0.1, 0.15) is 34.5 Å². The van der Waals surface area contributed by atoms with Crippen molar-refractivity contribution in [3.05, 3.63) is 77.4 Å². The number of aryl methyl sites for hydroxylation is 1. The van der Waals surface area contributed by atoms with E-state index in [1.54, 1.807) is 0 Å². The van der Waals surface area contributed by atoms with Crippen molar-refractivity contribution in [2.45, 2.75) is 19.9 Å². The van der Waals surface area contributed by atoms with Gasteiger partial charge in [0.15, 0.2) is 0 Å². The SMILES string of the molecule is Cc1ccc(N2CCNCC2)cc1C(=O)NC(C)c1cccc2ccccc12. The lowest BCUT2D eigenvalue weighted by Gasteiger charge is -2.30. The van der Waals surface area contributed by atoms with Gasteiger partial charge in [0.2, 0.25) is 0 Å². The van der Waals surface area contributed by atoms with E-state index in [4.69, 9.17) is 0 Å². The molecule has 1 aliphatic rings. The third-order valence-corrected chi connectivity index (χ3v) is 5.59. The summed E-state index contributed by atoms with van der Waals surface area (Å²) in [5.41, 5.74) is 4.02. The number of anilines is 1. The number of hydrogen-bond acceptors (Lipinski definition) is 3. The van der Waals surface area contributed by atoms with Crippen LogP contribution < -0.4 is 15.5 Å². The minimum atomic E-state index is -0.0687. The molecule has 0 spiro atoms. The van der Waals surface area contributed by atoms with E-state index in [-0.39, 0.29) is 11.9 Å². The summed E-state index contributed by atoms with van der Waals surface area (Å²) in [5, 5.41) is 8.95. The highest BCUT2D eigenvalue weighted by molar-refractivity contribution is 5.97. The number of nitrogens with zero attached hydrogens (tertiary/aromatic N) is 1. The van der Waals surface area contributed by atoms with Crippen molar-refractivity contribution in [2.24, 2.45) is 0 Å². The van der Waals surface area contributed by atoms with Crippen LogP contribution in [-0.4, -0.2) is 32.1 Å². The van der Waals surface area contributed by atoms with Crippen molar-refractivity contribution in [2.75, 3.05) is 31.1 Å². The summed E-state index contributed by atoms with van der Waals surface area (Å²) in [4.78, 5) is 15.4. The van der Waals surface area contributed by atoms with Crippen molar-refractivity contribution in [3.8, 4) is 0 Å². The molecule has 2 N–H and O–H groups in total. The molecule has 1 saturated heterocycles. The standard InChI is InChI=1S/C24H27N3O/c1-17-10-11-20(27-14-12-25-13-15-27)16-23(17)24(28)26-18(2)21-9-5-7-19-6-3-4-8-22(19)21/h3-11,16,18,25H,12-15H2,1-2H3,(H,26,28). The van der Waals surface area contributed by atoms with E-state index >= 15 is 0 Å². The first-order valence-electron chi connectivity index (χ1n) is 9.98. The Kier molecular flexibility index (Phi) is 5.31. The van der Waals surface area contributed by atoms with Crippen molar-refractivity contribution < 1.29 is 4.79 Å². The van der Waals surface area contributed by atoms with Gasteiger partial charge in [-0.25, -0.2) is 0 Å². The maximum atomic E-state index is 13.1. The molecule has 3 aromatic rings. The van der Waals surface area contributed by atoms with E-state index in [1.165, 1.54) is 10.8 Å². The fourth-order valence-electron chi connectivity index (χ4n) is 3.95. The zero-order chi connectivity index (χ0) is 19.5. The van der Waals surface area contributed by atoms with Crippen LogP contribution in [0.5, 0.6) is 0 Å². The monoisotopic (exact) mass is 373 g/mol. The fraction of sp³-hybridized carbons (Fsp3) is 0.292. The van der Waals surface area contributed by atoms with Crippen LogP contribution in [0.15, 0.2) is 60.7 Å².